The lowest BCUT2D eigenvalue weighted by Crippen LogP contribution is -2.57. The molecule has 2 aliphatic rings. The Morgan fingerprint density at radius 1 is 1.10 bits per heavy atom. The number of ether oxygens (including phenoxy) is 2. The summed E-state index contributed by atoms with van der Waals surface area (Å²) in [5, 5.41) is -0.292. The zero-order chi connectivity index (χ0) is 22.1. The van der Waals surface area contributed by atoms with E-state index in [-0.39, 0.29) is 29.2 Å². The maximum Gasteiger partial charge on any atom is 0.358 e. The van der Waals surface area contributed by atoms with E-state index < -0.39 is 30.1 Å². The molecule has 0 aliphatic carbocycles. The largest absolute Gasteiger partial charge is 0.427 e. The summed E-state index contributed by atoms with van der Waals surface area (Å²) in [6.07, 6.45) is 0.613. The Balaban J connectivity index is 1.76. The van der Waals surface area contributed by atoms with Crippen LogP contribution in [0.1, 0.15) is 39.7 Å². The lowest BCUT2D eigenvalue weighted by Gasteiger charge is -2.42. The summed E-state index contributed by atoms with van der Waals surface area (Å²) in [7, 11) is 0. The summed E-state index contributed by atoms with van der Waals surface area (Å²) < 4.78 is 10.2. The van der Waals surface area contributed by atoms with Gasteiger partial charge in [0.2, 0.25) is 12.7 Å². The second kappa shape index (κ2) is 8.63. The van der Waals surface area contributed by atoms with E-state index in [0.29, 0.717) is 11.3 Å². The molecule has 160 valence electrons. The number of nitrogens with zero attached hydrogens (tertiary/aromatic N) is 1. The van der Waals surface area contributed by atoms with Crippen LogP contribution >= 0.6 is 11.8 Å². The highest BCUT2D eigenvalue weighted by Gasteiger charge is 2.56. The number of hydrogen-bond acceptors (Lipinski definition) is 7. The van der Waals surface area contributed by atoms with Crippen LogP contribution in [-0.4, -0.2) is 40.7 Å². The van der Waals surface area contributed by atoms with E-state index in [0.717, 1.165) is 5.56 Å². The number of Topliss-reactive ketones (excluding diaryl/α,β-unsaturated/α-hetero) is 1. The first-order valence-corrected chi connectivity index (χ1v) is 10.6. The molecule has 0 radical (unpaired) electrons. The molecule has 0 aromatic heterocycles. The summed E-state index contributed by atoms with van der Waals surface area (Å²) in [6.45, 7) is 6.02. The van der Waals surface area contributed by atoms with Crippen LogP contribution in [0.25, 0.3) is 0 Å². The minimum atomic E-state index is -0.716. The van der Waals surface area contributed by atoms with Gasteiger partial charge in [-0.25, -0.2) is 4.79 Å². The van der Waals surface area contributed by atoms with Gasteiger partial charge in [-0.05, 0) is 33.3 Å². The second-order valence-corrected chi connectivity index (χ2v) is 9.61. The average molecular weight is 432 g/mol. The summed E-state index contributed by atoms with van der Waals surface area (Å²) in [4.78, 5) is 50.9. The number of benzene rings is 1. The number of allylic oxidation sites excluding steroid dienone is 1. The Labute approximate surface area is 179 Å². The van der Waals surface area contributed by atoms with Crippen LogP contribution in [0.2, 0.25) is 0 Å². The molecular weight excluding hydrogens is 406 g/mol. The zero-order valence-corrected chi connectivity index (χ0v) is 18.3. The van der Waals surface area contributed by atoms with E-state index in [1.807, 2.05) is 30.3 Å². The van der Waals surface area contributed by atoms with Gasteiger partial charge in [0.05, 0.1) is 16.7 Å². The molecule has 0 saturated carbocycles. The minimum Gasteiger partial charge on any atom is -0.427 e. The molecule has 2 atom stereocenters. The average Bonchev–Trinajstić information content (AvgIpc) is 3.01. The third-order valence-corrected chi connectivity index (χ3v) is 6.23. The van der Waals surface area contributed by atoms with Crippen LogP contribution in [0.15, 0.2) is 40.9 Å². The lowest BCUT2D eigenvalue weighted by molar-refractivity contribution is -0.173. The third kappa shape index (κ3) is 4.59. The molecule has 8 heteroatoms. The molecule has 1 amide bonds. The van der Waals surface area contributed by atoms with Crippen molar-refractivity contribution < 1.29 is 28.7 Å². The van der Waals surface area contributed by atoms with E-state index in [9.17, 15) is 19.2 Å². The Hall–Kier alpha value is -2.61. The molecule has 1 saturated heterocycles. The highest BCUT2D eigenvalue weighted by atomic mass is 32.2. The van der Waals surface area contributed by atoms with Gasteiger partial charge in [-0.3, -0.25) is 14.5 Å². The number of esters is 2. The number of ketones is 1. The molecule has 2 heterocycles. The molecule has 30 heavy (non-hydrogen) atoms. The topological polar surface area (TPSA) is 90.0 Å². The number of amides is 1. The Kier molecular flexibility index (Phi) is 6.36. The summed E-state index contributed by atoms with van der Waals surface area (Å²) in [5.41, 5.74) is 0.444. The summed E-state index contributed by atoms with van der Waals surface area (Å²) in [6, 6.07) is 9.58. The molecule has 1 aromatic carbocycles. The van der Waals surface area contributed by atoms with Gasteiger partial charge in [0.25, 0.3) is 0 Å². The SMILES string of the molecule is CC(=O)C[C@H]1C(=O)N2C(C(=O)OCOC(=O)C(C)(C)C)=C(Cc3ccccc3)S[C@H]12. The maximum atomic E-state index is 12.8. The maximum absolute atomic E-state index is 12.8. The number of β-lactam (4-membered cyclic amide) rings is 1. The van der Waals surface area contributed by atoms with Crippen LogP contribution in [-0.2, 0) is 35.1 Å². The van der Waals surface area contributed by atoms with Crippen molar-refractivity contribution in [3.8, 4) is 0 Å². The van der Waals surface area contributed by atoms with E-state index >= 15 is 0 Å². The first-order chi connectivity index (χ1) is 14.1. The van der Waals surface area contributed by atoms with Crippen LogP contribution in [0.3, 0.4) is 0 Å². The number of fused-ring (bicyclic) bond motifs is 1. The normalized spacial score (nSPS) is 20.5. The number of carbonyl (C=O) groups excluding carboxylic acids is 4. The van der Waals surface area contributed by atoms with Gasteiger partial charge in [-0.2, -0.15) is 0 Å². The monoisotopic (exact) mass is 431 g/mol. The molecule has 2 aliphatic heterocycles. The molecule has 1 fully saturated rings. The van der Waals surface area contributed by atoms with Crippen molar-refractivity contribution in [1.29, 1.82) is 0 Å². The predicted molar refractivity (Wildman–Crippen MR) is 111 cm³/mol. The molecule has 0 bridgehead atoms. The Morgan fingerprint density at radius 3 is 2.37 bits per heavy atom. The van der Waals surface area contributed by atoms with Gasteiger partial charge in [-0.1, -0.05) is 30.3 Å². The van der Waals surface area contributed by atoms with Crippen LogP contribution < -0.4 is 0 Å². The van der Waals surface area contributed by atoms with Crippen molar-refractivity contribution >= 4 is 35.4 Å². The van der Waals surface area contributed by atoms with E-state index in [1.54, 1.807) is 20.8 Å². The number of hydrogen-bond donors (Lipinski definition) is 0. The van der Waals surface area contributed by atoms with E-state index in [1.165, 1.54) is 23.6 Å². The van der Waals surface area contributed by atoms with E-state index in [4.69, 9.17) is 9.47 Å². The van der Waals surface area contributed by atoms with Gasteiger partial charge in [0.1, 0.15) is 11.5 Å². The Morgan fingerprint density at radius 2 is 1.77 bits per heavy atom. The number of carbonyl (C=O) groups is 4. The zero-order valence-electron chi connectivity index (χ0n) is 17.5. The molecule has 0 unspecified atom stereocenters. The second-order valence-electron chi connectivity index (χ2n) is 8.39. The van der Waals surface area contributed by atoms with Crippen molar-refractivity contribution in [2.45, 2.75) is 45.9 Å². The minimum absolute atomic E-state index is 0.0664. The van der Waals surface area contributed by atoms with Gasteiger partial charge in [0.15, 0.2) is 0 Å². The fourth-order valence-electron chi connectivity index (χ4n) is 3.27. The molecule has 0 N–H and O–H groups in total. The summed E-state index contributed by atoms with van der Waals surface area (Å²) in [5.74, 6) is -1.98. The van der Waals surface area contributed by atoms with Crippen LogP contribution in [0.4, 0.5) is 0 Å². The number of rotatable bonds is 7. The van der Waals surface area contributed by atoms with Crippen LogP contribution in [0, 0.1) is 11.3 Å². The lowest BCUT2D eigenvalue weighted by atomic mass is 9.92. The van der Waals surface area contributed by atoms with Crippen molar-refractivity contribution in [3.05, 3.63) is 46.5 Å². The van der Waals surface area contributed by atoms with E-state index in [2.05, 4.69) is 0 Å². The number of thioether (sulfide) groups is 1. The highest BCUT2D eigenvalue weighted by Crippen LogP contribution is 2.51. The quantitative estimate of drug-likeness (QED) is 0.372. The van der Waals surface area contributed by atoms with Crippen molar-refractivity contribution in [2.75, 3.05) is 6.79 Å². The van der Waals surface area contributed by atoms with Gasteiger partial charge in [-0.15, -0.1) is 11.8 Å². The highest BCUT2D eigenvalue weighted by molar-refractivity contribution is 8.04. The first kappa shape index (κ1) is 22.1. The Bertz CT molecular complexity index is 902. The third-order valence-electron chi connectivity index (χ3n) is 4.82. The molecule has 0 spiro atoms. The van der Waals surface area contributed by atoms with Crippen molar-refractivity contribution in [1.82, 2.24) is 4.90 Å². The predicted octanol–water partition coefficient (Wildman–Crippen LogP) is 3.04. The van der Waals surface area contributed by atoms with Gasteiger partial charge >= 0.3 is 11.9 Å². The van der Waals surface area contributed by atoms with Crippen LogP contribution in [0.5, 0.6) is 0 Å². The van der Waals surface area contributed by atoms with Crippen molar-refractivity contribution in [2.24, 2.45) is 11.3 Å². The summed E-state index contributed by atoms with van der Waals surface area (Å²) >= 11 is 1.41. The standard InChI is InChI=1S/C22H25NO6S/c1-13(24)10-15-18(25)23-17(20(26)28-12-29-21(27)22(2,3)4)16(30-19(15)23)11-14-8-6-5-7-9-14/h5-9,15,19H,10-12H2,1-4H3/t15-,19+/m0/s1. The molecule has 7 nitrogen and oxygen atoms in total. The molecular formula is C22H25NO6S. The van der Waals surface area contributed by atoms with Gasteiger partial charge in [0, 0.05) is 17.7 Å². The fraction of sp³-hybridized carbons (Fsp3) is 0.455. The van der Waals surface area contributed by atoms with Gasteiger partial charge < -0.3 is 14.3 Å². The first-order valence-electron chi connectivity index (χ1n) is 9.70. The van der Waals surface area contributed by atoms with Crippen molar-refractivity contribution in [3.63, 3.8) is 0 Å². The molecule has 3 rings (SSSR count). The molecule has 1 aromatic rings. The smallest absolute Gasteiger partial charge is 0.358 e. The fourth-order valence-corrected chi connectivity index (χ4v) is 4.80.